The largest absolute Gasteiger partial charge is 0.460 e. The lowest BCUT2D eigenvalue weighted by molar-refractivity contribution is -0.277. The van der Waals surface area contributed by atoms with Crippen molar-refractivity contribution in [2.45, 2.75) is 30.7 Å². The summed E-state index contributed by atoms with van der Waals surface area (Å²) in [5.74, 6) is 1.01. The van der Waals surface area contributed by atoms with Crippen molar-refractivity contribution in [2.75, 3.05) is 6.61 Å². The number of aliphatic hydroxyl groups is 4. The molecule has 1 aliphatic heterocycles. The van der Waals surface area contributed by atoms with E-state index in [2.05, 4.69) is 6.11 Å². The molecule has 2 heterocycles. The third kappa shape index (κ3) is 4.54. The quantitative estimate of drug-likeness (QED) is 0.533. The summed E-state index contributed by atoms with van der Waals surface area (Å²) in [6.07, 6.45) is 4.27. The molecule has 0 spiro atoms. The number of aliphatic hydroxyl groups excluding tert-OH is 4. The molecule has 1 saturated heterocycles. The monoisotopic (exact) mass is 404 g/mol. The van der Waals surface area contributed by atoms with Gasteiger partial charge in [0.05, 0.1) is 11.5 Å². The van der Waals surface area contributed by atoms with E-state index in [4.69, 9.17) is 20.6 Å². The third-order valence-electron chi connectivity index (χ3n) is 4.23. The van der Waals surface area contributed by atoms with Gasteiger partial charge in [-0.05, 0) is 35.2 Å². The zero-order valence-corrected chi connectivity index (χ0v) is 15.5. The lowest BCUT2D eigenvalue weighted by atomic mass is 9.99. The first-order valence-electron chi connectivity index (χ1n) is 8.48. The van der Waals surface area contributed by atoms with Crippen LogP contribution in [0.5, 0.6) is 11.5 Å². The molecule has 7 nitrogen and oxygen atoms in total. The van der Waals surface area contributed by atoms with Gasteiger partial charge in [0.2, 0.25) is 6.29 Å². The summed E-state index contributed by atoms with van der Waals surface area (Å²) in [7, 11) is 0. The van der Waals surface area contributed by atoms with Crippen LogP contribution in [0.2, 0.25) is 0 Å². The molecule has 0 bridgehead atoms. The van der Waals surface area contributed by atoms with E-state index in [-0.39, 0.29) is 0 Å². The smallest absolute Gasteiger partial charge is 0.229 e. The molecule has 148 valence electrons. The van der Waals surface area contributed by atoms with Gasteiger partial charge in [0, 0.05) is 0 Å². The Balaban J connectivity index is 1.70. The Morgan fingerprint density at radius 1 is 1.07 bits per heavy atom. The van der Waals surface area contributed by atoms with Crippen molar-refractivity contribution in [1.29, 1.82) is 0 Å². The molecule has 5 unspecified atom stereocenters. The molecule has 0 amide bonds. The Morgan fingerprint density at radius 3 is 2.50 bits per heavy atom. The highest BCUT2D eigenvalue weighted by atomic mass is 32.1. The number of rotatable bonds is 6. The second kappa shape index (κ2) is 9.21. The van der Waals surface area contributed by atoms with Gasteiger partial charge in [-0.2, -0.15) is 0 Å². The van der Waals surface area contributed by atoms with Crippen molar-refractivity contribution in [1.82, 2.24) is 0 Å². The molecule has 0 aliphatic carbocycles. The average Bonchev–Trinajstić information content (AvgIpc) is 3.15. The van der Waals surface area contributed by atoms with E-state index >= 15 is 0 Å². The molecule has 4 N–H and O–H groups in total. The van der Waals surface area contributed by atoms with Gasteiger partial charge >= 0.3 is 0 Å². The lowest BCUT2D eigenvalue weighted by Gasteiger charge is -2.39. The summed E-state index contributed by atoms with van der Waals surface area (Å²) in [4.78, 5) is 0.765. The van der Waals surface area contributed by atoms with Crippen molar-refractivity contribution in [3.8, 4) is 24.0 Å². The van der Waals surface area contributed by atoms with Gasteiger partial charge in [-0.3, -0.25) is 0 Å². The fraction of sp³-hybridized carbons (Fsp3) is 0.300. The van der Waals surface area contributed by atoms with Gasteiger partial charge in [-0.25, -0.2) is 0 Å². The number of ether oxygens (including phenoxy) is 3. The van der Waals surface area contributed by atoms with Crippen LogP contribution in [-0.4, -0.2) is 57.7 Å². The second-order valence-electron chi connectivity index (χ2n) is 6.09. The number of terminal acetylenes is 1. The maximum atomic E-state index is 10.1. The maximum Gasteiger partial charge on any atom is 0.229 e. The van der Waals surface area contributed by atoms with Crippen LogP contribution in [0.4, 0.5) is 0 Å². The standard InChI is InChI=1S/C20H20O7S/c1-2-25-13-6-3-12(4-7-13)5-8-16-14(9-10-28-16)26-20-19(24)18(23)17(22)15(11-21)27-20/h1,3-10,15,17-24H,11H2/b8-5+. The minimum absolute atomic E-state index is 0.442. The van der Waals surface area contributed by atoms with E-state index in [0.29, 0.717) is 11.5 Å². The number of hydrogen-bond donors (Lipinski definition) is 4. The summed E-state index contributed by atoms with van der Waals surface area (Å²) in [6.45, 7) is -0.513. The van der Waals surface area contributed by atoms with Crippen molar-refractivity contribution in [3.05, 3.63) is 46.2 Å². The van der Waals surface area contributed by atoms with E-state index in [9.17, 15) is 20.4 Å². The predicted molar refractivity (Wildman–Crippen MR) is 104 cm³/mol. The molecule has 28 heavy (non-hydrogen) atoms. The minimum Gasteiger partial charge on any atom is -0.460 e. The van der Waals surface area contributed by atoms with Crippen molar-refractivity contribution in [3.63, 3.8) is 0 Å². The highest BCUT2D eigenvalue weighted by Crippen LogP contribution is 2.31. The third-order valence-corrected chi connectivity index (χ3v) is 5.10. The number of hydrogen-bond acceptors (Lipinski definition) is 8. The summed E-state index contributed by atoms with van der Waals surface area (Å²) in [5.41, 5.74) is 0.913. The summed E-state index contributed by atoms with van der Waals surface area (Å²) in [6, 6.07) is 8.89. The van der Waals surface area contributed by atoms with Crippen LogP contribution in [0.25, 0.3) is 12.2 Å². The van der Waals surface area contributed by atoms with Crippen LogP contribution >= 0.6 is 11.3 Å². The summed E-state index contributed by atoms with van der Waals surface area (Å²) in [5, 5.41) is 40.9. The minimum atomic E-state index is -1.49. The van der Waals surface area contributed by atoms with Gasteiger partial charge in [-0.1, -0.05) is 24.6 Å². The van der Waals surface area contributed by atoms with E-state index < -0.39 is 37.3 Å². The summed E-state index contributed by atoms with van der Waals surface area (Å²) >= 11 is 1.42. The molecule has 1 fully saturated rings. The van der Waals surface area contributed by atoms with Gasteiger partial charge in [-0.15, -0.1) is 11.3 Å². The lowest BCUT2D eigenvalue weighted by Crippen LogP contribution is -2.60. The van der Waals surface area contributed by atoms with Gasteiger partial charge < -0.3 is 34.6 Å². The highest BCUT2D eigenvalue weighted by Gasteiger charge is 2.44. The molecule has 2 aromatic rings. The Morgan fingerprint density at radius 2 is 1.82 bits per heavy atom. The molecule has 8 heteroatoms. The predicted octanol–water partition coefficient (Wildman–Crippen LogP) is 1.07. The average molecular weight is 404 g/mol. The Bertz CT molecular complexity index is 837. The highest BCUT2D eigenvalue weighted by molar-refractivity contribution is 7.11. The summed E-state index contributed by atoms with van der Waals surface area (Å²) < 4.78 is 16.0. The molecular weight excluding hydrogens is 384 g/mol. The van der Waals surface area contributed by atoms with Crippen LogP contribution in [-0.2, 0) is 4.74 Å². The van der Waals surface area contributed by atoms with Crippen LogP contribution in [0.1, 0.15) is 10.4 Å². The first kappa shape index (κ1) is 20.4. The second-order valence-corrected chi connectivity index (χ2v) is 7.03. The fourth-order valence-corrected chi connectivity index (χ4v) is 3.42. The molecule has 1 aromatic carbocycles. The molecular formula is C20H20O7S. The first-order chi connectivity index (χ1) is 13.5. The first-order valence-corrected chi connectivity index (χ1v) is 9.36. The van der Waals surface area contributed by atoms with E-state index in [1.807, 2.05) is 29.7 Å². The molecule has 3 rings (SSSR count). The van der Waals surface area contributed by atoms with Crippen molar-refractivity contribution in [2.24, 2.45) is 0 Å². The van der Waals surface area contributed by atoms with E-state index in [1.165, 1.54) is 11.3 Å². The van der Waals surface area contributed by atoms with E-state index in [1.54, 1.807) is 18.2 Å². The van der Waals surface area contributed by atoms with Gasteiger partial charge in [0.25, 0.3) is 0 Å². The Labute approximate surface area is 166 Å². The zero-order chi connectivity index (χ0) is 20.1. The van der Waals surface area contributed by atoms with Crippen molar-refractivity contribution < 1.29 is 34.6 Å². The fourth-order valence-electron chi connectivity index (χ4n) is 2.70. The molecule has 1 aromatic heterocycles. The van der Waals surface area contributed by atoms with Gasteiger partial charge in [0.15, 0.2) is 0 Å². The molecule has 5 atom stereocenters. The van der Waals surface area contributed by atoms with Crippen molar-refractivity contribution >= 4 is 23.5 Å². The number of thiophene rings is 1. The molecule has 0 saturated carbocycles. The zero-order valence-electron chi connectivity index (χ0n) is 14.7. The van der Waals surface area contributed by atoms with Crippen LogP contribution in [0, 0.1) is 12.5 Å². The van der Waals surface area contributed by atoms with E-state index in [0.717, 1.165) is 10.4 Å². The molecule has 0 radical (unpaired) electrons. The topological polar surface area (TPSA) is 109 Å². The normalized spacial score (nSPS) is 27.5. The molecule has 1 aliphatic rings. The van der Waals surface area contributed by atoms with Gasteiger partial charge in [0.1, 0.15) is 42.0 Å². The van der Waals surface area contributed by atoms with Crippen LogP contribution in [0.3, 0.4) is 0 Å². The maximum absolute atomic E-state index is 10.1. The SMILES string of the molecule is C#COc1ccc(/C=C/c2sccc2OC2OC(CO)C(O)C(O)C2O)cc1. The Hall–Kier alpha value is -2.38. The van der Waals surface area contributed by atoms with Crippen LogP contribution in [0.15, 0.2) is 35.7 Å². The Kier molecular flexibility index (Phi) is 6.70. The van der Waals surface area contributed by atoms with Crippen LogP contribution < -0.4 is 9.47 Å². The number of benzene rings is 1.